The van der Waals surface area contributed by atoms with Crippen molar-refractivity contribution >= 4 is 21.8 Å². The van der Waals surface area contributed by atoms with E-state index in [2.05, 4.69) is 78.3 Å². The molecule has 3 heteroatoms. The molecule has 0 unspecified atom stereocenters. The highest BCUT2D eigenvalue weighted by Crippen LogP contribution is 2.25. The van der Waals surface area contributed by atoms with Crippen LogP contribution >= 0.6 is 0 Å². The van der Waals surface area contributed by atoms with Gasteiger partial charge in [-0.15, -0.1) is 0 Å². The summed E-state index contributed by atoms with van der Waals surface area (Å²) in [5, 5.41) is 5.86. The summed E-state index contributed by atoms with van der Waals surface area (Å²) >= 11 is 0. The smallest absolute Gasteiger partial charge is 0.111 e. The van der Waals surface area contributed by atoms with Crippen LogP contribution in [0, 0.1) is 13.8 Å². The van der Waals surface area contributed by atoms with Crippen molar-refractivity contribution in [2.45, 2.75) is 26.8 Å². The summed E-state index contributed by atoms with van der Waals surface area (Å²) in [6.07, 6.45) is 0.925. The third-order valence-corrected chi connectivity index (χ3v) is 5.25. The number of aryl methyl sites for hydroxylation is 2. The standard InChI is InChI=1S/C23H25N3/c1-16-13-21-22(14-17(16)2)26(23(25-21)11-12-24-3)15-19-9-6-8-18-7-4-5-10-20(18)19/h4-10,13-14,24H,11-12,15H2,1-3H3. The zero-order valence-corrected chi connectivity index (χ0v) is 15.7. The van der Waals surface area contributed by atoms with E-state index in [1.165, 1.54) is 33.0 Å². The first-order chi connectivity index (χ1) is 12.7. The Balaban J connectivity index is 1.87. The van der Waals surface area contributed by atoms with E-state index in [9.17, 15) is 0 Å². The molecular formula is C23H25N3. The maximum atomic E-state index is 4.95. The third-order valence-electron chi connectivity index (χ3n) is 5.25. The van der Waals surface area contributed by atoms with Crippen molar-refractivity contribution in [1.82, 2.24) is 14.9 Å². The molecule has 0 aliphatic carbocycles. The van der Waals surface area contributed by atoms with Gasteiger partial charge in [-0.3, -0.25) is 0 Å². The van der Waals surface area contributed by atoms with Crippen molar-refractivity contribution in [3.63, 3.8) is 0 Å². The number of likely N-dealkylation sites (N-methyl/N-ethyl adjacent to an activating group) is 1. The third kappa shape index (κ3) is 2.99. The molecule has 0 fully saturated rings. The fourth-order valence-electron chi connectivity index (χ4n) is 3.63. The summed E-state index contributed by atoms with van der Waals surface area (Å²) in [5.74, 6) is 1.15. The second-order valence-corrected chi connectivity index (χ2v) is 7.03. The molecule has 1 heterocycles. The first-order valence-corrected chi connectivity index (χ1v) is 9.25. The lowest BCUT2D eigenvalue weighted by molar-refractivity contribution is 0.697. The van der Waals surface area contributed by atoms with Gasteiger partial charge in [-0.25, -0.2) is 4.98 Å². The van der Waals surface area contributed by atoms with Gasteiger partial charge < -0.3 is 9.88 Å². The quantitative estimate of drug-likeness (QED) is 0.573. The second kappa shape index (κ2) is 6.93. The van der Waals surface area contributed by atoms with Gasteiger partial charge in [-0.05, 0) is 60.5 Å². The highest BCUT2D eigenvalue weighted by atomic mass is 15.1. The molecule has 4 rings (SSSR count). The lowest BCUT2D eigenvalue weighted by Gasteiger charge is -2.12. The summed E-state index contributed by atoms with van der Waals surface area (Å²) in [7, 11) is 1.99. The molecule has 0 saturated heterocycles. The maximum absolute atomic E-state index is 4.95. The molecule has 3 aromatic carbocycles. The van der Waals surface area contributed by atoms with Crippen molar-refractivity contribution in [2.24, 2.45) is 0 Å². The van der Waals surface area contributed by atoms with Gasteiger partial charge in [0.05, 0.1) is 11.0 Å². The molecule has 0 amide bonds. The Morgan fingerprint density at radius 3 is 2.58 bits per heavy atom. The number of imidazole rings is 1. The summed E-state index contributed by atoms with van der Waals surface area (Å²) in [6, 6.07) is 19.7. The lowest BCUT2D eigenvalue weighted by Crippen LogP contribution is -2.14. The van der Waals surface area contributed by atoms with Crippen LogP contribution in [0.25, 0.3) is 21.8 Å². The fourth-order valence-corrected chi connectivity index (χ4v) is 3.63. The van der Waals surface area contributed by atoms with Gasteiger partial charge in [-0.1, -0.05) is 42.5 Å². The number of hydrogen-bond acceptors (Lipinski definition) is 2. The van der Waals surface area contributed by atoms with E-state index in [1.807, 2.05) is 7.05 Å². The van der Waals surface area contributed by atoms with Gasteiger partial charge in [0, 0.05) is 19.5 Å². The normalized spacial score (nSPS) is 11.5. The van der Waals surface area contributed by atoms with Gasteiger partial charge in [0.15, 0.2) is 0 Å². The Hall–Kier alpha value is -2.65. The number of rotatable bonds is 5. The van der Waals surface area contributed by atoms with Crippen LogP contribution in [0.2, 0.25) is 0 Å². The topological polar surface area (TPSA) is 29.9 Å². The minimum atomic E-state index is 0.847. The van der Waals surface area contributed by atoms with Crippen LogP contribution in [0.1, 0.15) is 22.5 Å². The Kier molecular flexibility index (Phi) is 4.48. The second-order valence-electron chi connectivity index (χ2n) is 7.03. The Bertz CT molecular complexity index is 1070. The van der Waals surface area contributed by atoms with Crippen molar-refractivity contribution in [2.75, 3.05) is 13.6 Å². The molecule has 26 heavy (non-hydrogen) atoms. The van der Waals surface area contributed by atoms with Gasteiger partial charge in [0.2, 0.25) is 0 Å². The van der Waals surface area contributed by atoms with E-state index in [1.54, 1.807) is 0 Å². The number of nitrogens with zero attached hydrogens (tertiary/aromatic N) is 2. The van der Waals surface area contributed by atoms with Gasteiger partial charge in [0.1, 0.15) is 5.82 Å². The molecular weight excluding hydrogens is 318 g/mol. The summed E-state index contributed by atoms with van der Waals surface area (Å²) in [4.78, 5) is 4.95. The zero-order chi connectivity index (χ0) is 18.1. The minimum absolute atomic E-state index is 0.847. The average molecular weight is 343 g/mol. The van der Waals surface area contributed by atoms with E-state index >= 15 is 0 Å². The average Bonchev–Trinajstić information content (AvgIpc) is 2.97. The number of nitrogens with one attached hydrogen (secondary N) is 1. The maximum Gasteiger partial charge on any atom is 0.111 e. The Morgan fingerprint density at radius 1 is 0.962 bits per heavy atom. The zero-order valence-electron chi connectivity index (χ0n) is 15.7. The van der Waals surface area contributed by atoms with Crippen LogP contribution in [0.15, 0.2) is 54.6 Å². The summed E-state index contributed by atoms with van der Waals surface area (Å²) in [5.41, 5.74) is 6.28. The molecule has 1 N–H and O–H groups in total. The van der Waals surface area contributed by atoms with Crippen LogP contribution < -0.4 is 5.32 Å². The number of fused-ring (bicyclic) bond motifs is 2. The molecule has 0 aliphatic heterocycles. The first kappa shape index (κ1) is 16.8. The van der Waals surface area contributed by atoms with Crippen molar-refractivity contribution < 1.29 is 0 Å². The van der Waals surface area contributed by atoms with Crippen LogP contribution in [0.3, 0.4) is 0 Å². The highest BCUT2D eigenvalue weighted by Gasteiger charge is 2.13. The van der Waals surface area contributed by atoms with Crippen LogP contribution in [0.4, 0.5) is 0 Å². The van der Waals surface area contributed by atoms with Crippen molar-refractivity contribution in [3.8, 4) is 0 Å². The number of hydrogen-bond donors (Lipinski definition) is 1. The highest BCUT2D eigenvalue weighted by molar-refractivity contribution is 5.86. The van der Waals surface area contributed by atoms with Crippen molar-refractivity contribution in [3.05, 3.63) is 77.1 Å². The predicted molar refractivity (Wildman–Crippen MR) is 110 cm³/mol. The SMILES string of the molecule is CNCCc1nc2cc(C)c(C)cc2n1Cc1cccc2ccccc12. The molecule has 0 aliphatic rings. The minimum Gasteiger partial charge on any atom is -0.323 e. The molecule has 4 aromatic rings. The molecule has 0 spiro atoms. The predicted octanol–water partition coefficient (Wildman–Crippen LogP) is 4.62. The molecule has 3 nitrogen and oxygen atoms in total. The summed E-state index contributed by atoms with van der Waals surface area (Å²) < 4.78 is 2.39. The Morgan fingerprint density at radius 2 is 1.73 bits per heavy atom. The molecule has 1 aromatic heterocycles. The van der Waals surface area contributed by atoms with Gasteiger partial charge in [0.25, 0.3) is 0 Å². The van der Waals surface area contributed by atoms with Crippen LogP contribution in [0.5, 0.6) is 0 Å². The van der Waals surface area contributed by atoms with Crippen LogP contribution in [-0.4, -0.2) is 23.1 Å². The van der Waals surface area contributed by atoms with Crippen molar-refractivity contribution in [1.29, 1.82) is 0 Å². The fraction of sp³-hybridized carbons (Fsp3) is 0.261. The van der Waals surface area contributed by atoms with E-state index in [4.69, 9.17) is 4.98 Å². The molecule has 0 atom stereocenters. The number of aromatic nitrogens is 2. The first-order valence-electron chi connectivity index (χ1n) is 9.25. The van der Waals surface area contributed by atoms with Gasteiger partial charge >= 0.3 is 0 Å². The number of benzene rings is 3. The Labute approximate surface area is 154 Å². The molecule has 0 radical (unpaired) electrons. The molecule has 132 valence electrons. The molecule has 0 saturated carbocycles. The van der Waals surface area contributed by atoms with E-state index in [0.717, 1.165) is 30.9 Å². The largest absolute Gasteiger partial charge is 0.323 e. The summed E-state index contributed by atoms with van der Waals surface area (Å²) in [6.45, 7) is 6.11. The monoisotopic (exact) mass is 343 g/mol. The lowest BCUT2D eigenvalue weighted by atomic mass is 10.0. The van der Waals surface area contributed by atoms with Gasteiger partial charge in [-0.2, -0.15) is 0 Å². The van der Waals surface area contributed by atoms with E-state index in [0.29, 0.717) is 0 Å². The van der Waals surface area contributed by atoms with E-state index < -0.39 is 0 Å². The molecule has 0 bridgehead atoms. The van der Waals surface area contributed by atoms with E-state index in [-0.39, 0.29) is 0 Å². The van der Waals surface area contributed by atoms with Crippen LogP contribution in [-0.2, 0) is 13.0 Å².